The molecule has 0 unspecified atom stereocenters. The van der Waals surface area contributed by atoms with Crippen LogP contribution in [0.25, 0.3) is 0 Å². The summed E-state index contributed by atoms with van der Waals surface area (Å²) in [6.45, 7) is 9.95. The molecule has 1 aliphatic rings. The summed E-state index contributed by atoms with van der Waals surface area (Å²) in [5.74, 6) is 0.750. The van der Waals surface area contributed by atoms with Gasteiger partial charge in [0.05, 0.1) is 11.6 Å². The lowest BCUT2D eigenvalue weighted by Gasteiger charge is -2.35. The summed E-state index contributed by atoms with van der Waals surface area (Å²) in [6.07, 6.45) is 0. The molecule has 116 valence electrons. The first kappa shape index (κ1) is 16.8. The second-order valence-electron chi connectivity index (χ2n) is 6.02. The Balaban J connectivity index is 1.87. The maximum Gasteiger partial charge on any atom is 0.178 e. The van der Waals surface area contributed by atoms with Crippen LogP contribution in [0, 0.1) is 5.92 Å². The van der Waals surface area contributed by atoms with Crippen molar-refractivity contribution in [2.24, 2.45) is 5.92 Å². The van der Waals surface area contributed by atoms with Crippen LogP contribution in [0.3, 0.4) is 0 Å². The zero-order chi connectivity index (χ0) is 15.4. The van der Waals surface area contributed by atoms with Crippen LogP contribution in [0.5, 0.6) is 0 Å². The zero-order valence-electron chi connectivity index (χ0n) is 12.6. The normalized spacial score (nSPS) is 17.4. The molecule has 5 heteroatoms. The predicted octanol–water partition coefficient (Wildman–Crippen LogP) is 3.45. The monoisotopic (exact) mass is 328 g/mol. The lowest BCUT2D eigenvalue weighted by Crippen LogP contribution is -2.48. The first-order valence-electron chi connectivity index (χ1n) is 7.38. The Morgan fingerprint density at radius 3 is 2.33 bits per heavy atom. The number of benzene rings is 1. The summed E-state index contributed by atoms with van der Waals surface area (Å²) in [5.41, 5.74) is 0.561. The Labute approximate surface area is 136 Å². The number of halogens is 2. The summed E-state index contributed by atoms with van der Waals surface area (Å²) in [7, 11) is 0. The van der Waals surface area contributed by atoms with Gasteiger partial charge in [-0.1, -0.05) is 37.0 Å². The fraction of sp³-hybridized carbons (Fsp3) is 0.562. The van der Waals surface area contributed by atoms with Crippen LogP contribution in [0.1, 0.15) is 24.2 Å². The van der Waals surface area contributed by atoms with E-state index in [-0.39, 0.29) is 5.78 Å². The third-order valence-corrected chi connectivity index (χ3v) is 4.23. The van der Waals surface area contributed by atoms with E-state index in [0.717, 1.165) is 32.7 Å². The average molecular weight is 329 g/mol. The van der Waals surface area contributed by atoms with Gasteiger partial charge in [-0.2, -0.15) is 0 Å². The standard InChI is InChI=1S/C16H22Cl2N2O/c1-12(2)10-19-5-7-20(8-6-19)11-16(21)14-4-3-13(17)9-15(14)18/h3-4,9,12H,5-8,10-11H2,1-2H3. The second-order valence-corrected chi connectivity index (χ2v) is 6.86. The van der Waals surface area contributed by atoms with E-state index in [1.165, 1.54) is 0 Å². The predicted molar refractivity (Wildman–Crippen MR) is 88.5 cm³/mol. The van der Waals surface area contributed by atoms with Gasteiger partial charge in [0.15, 0.2) is 5.78 Å². The Hall–Kier alpha value is -0.610. The number of Topliss-reactive ketones (excluding diaryl/α,β-unsaturated/α-hetero) is 1. The molecule has 1 aliphatic heterocycles. The highest BCUT2D eigenvalue weighted by Gasteiger charge is 2.20. The molecule has 0 N–H and O–H groups in total. The largest absolute Gasteiger partial charge is 0.301 e. The fourth-order valence-corrected chi connectivity index (χ4v) is 3.16. The van der Waals surface area contributed by atoms with E-state index in [1.807, 2.05) is 0 Å². The van der Waals surface area contributed by atoms with E-state index < -0.39 is 0 Å². The maximum absolute atomic E-state index is 12.3. The van der Waals surface area contributed by atoms with Gasteiger partial charge in [-0.15, -0.1) is 0 Å². The minimum Gasteiger partial charge on any atom is -0.301 e. The SMILES string of the molecule is CC(C)CN1CCN(CC(=O)c2ccc(Cl)cc2Cl)CC1. The van der Waals surface area contributed by atoms with Crippen molar-refractivity contribution in [3.05, 3.63) is 33.8 Å². The molecule has 3 nitrogen and oxygen atoms in total. The van der Waals surface area contributed by atoms with Gasteiger partial charge in [0, 0.05) is 43.3 Å². The van der Waals surface area contributed by atoms with Crippen molar-refractivity contribution in [3.63, 3.8) is 0 Å². The van der Waals surface area contributed by atoms with Gasteiger partial charge in [0.25, 0.3) is 0 Å². The van der Waals surface area contributed by atoms with Crippen LogP contribution in [0.2, 0.25) is 10.0 Å². The molecule has 2 rings (SSSR count). The third kappa shape index (κ3) is 4.96. The number of rotatable bonds is 5. The summed E-state index contributed by atoms with van der Waals surface area (Å²) in [6, 6.07) is 5.04. The highest BCUT2D eigenvalue weighted by atomic mass is 35.5. The van der Waals surface area contributed by atoms with Crippen molar-refractivity contribution in [2.75, 3.05) is 39.3 Å². The Morgan fingerprint density at radius 1 is 1.14 bits per heavy atom. The molecule has 0 saturated carbocycles. The second kappa shape index (κ2) is 7.59. The smallest absolute Gasteiger partial charge is 0.178 e. The van der Waals surface area contributed by atoms with Crippen LogP contribution in [0.15, 0.2) is 18.2 Å². The minimum absolute atomic E-state index is 0.0639. The average Bonchev–Trinajstić information content (AvgIpc) is 2.40. The van der Waals surface area contributed by atoms with Gasteiger partial charge in [-0.25, -0.2) is 0 Å². The molecule has 0 radical (unpaired) electrons. The van der Waals surface area contributed by atoms with Crippen LogP contribution in [-0.2, 0) is 0 Å². The fourth-order valence-electron chi connectivity index (χ4n) is 2.65. The third-order valence-electron chi connectivity index (χ3n) is 3.69. The van der Waals surface area contributed by atoms with Gasteiger partial charge in [-0.3, -0.25) is 9.69 Å². The number of hydrogen-bond donors (Lipinski definition) is 0. The van der Waals surface area contributed by atoms with E-state index in [9.17, 15) is 4.79 Å². The Bertz CT molecular complexity index is 497. The van der Waals surface area contributed by atoms with Gasteiger partial charge in [-0.05, 0) is 24.1 Å². The van der Waals surface area contributed by atoms with E-state index in [0.29, 0.717) is 28.1 Å². The molecule has 0 spiro atoms. The number of carbonyl (C=O) groups excluding carboxylic acids is 1. The van der Waals surface area contributed by atoms with Gasteiger partial charge < -0.3 is 4.90 Å². The topological polar surface area (TPSA) is 23.6 Å². The highest BCUT2D eigenvalue weighted by Crippen LogP contribution is 2.21. The number of ketones is 1. The quantitative estimate of drug-likeness (QED) is 0.773. The van der Waals surface area contributed by atoms with Crippen molar-refractivity contribution in [1.29, 1.82) is 0 Å². The molecule has 1 heterocycles. The highest BCUT2D eigenvalue weighted by molar-refractivity contribution is 6.36. The molecule has 0 bridgehead atoms. The van der Waals surface area contributed by atoms with Crippen LogP contribution < -0.4 is 0 Å². The number of hydrogen-bond acceptors (Lipinski definition) is 3. The molecule has 21 heavy (non-hydrogen) atoms. The van der Waals surface area contributed by atoms with Crippen molar-refractivity contribution < 1.29 is 4.79 Å². The van der Waals surface area contributed by atoms with Crippen molar-refractivity contribution in [2.45, 2.75) is 13.8 Å². The van der Waals surface area contributed by atoms with Gasteiger partial charge >= 0.3 is 0 Å². The maximum atomic E-state index is 12.3. The van der Waals surface area contributed by atoms with Crippen LogP contribution in [-0.4, -0.2) is 54.9 Å². The van der Waals surface area contributed by atoms with Crippen LogP contribution >= 0.6 is 23.2 Å². The summed E-state index contributed by atoms with van der Waals surface area (Å²) in [5, 5.41) is 0.991. The van der Waals surface area contributed by atoms with E-state index in [2.05, 4.69) is 23.6 Å². The summed E-state index contributed by atoms with van der Waals surface area (Å²) >= 11 is 11.9. The number of nitrogens with zero attached hydrogens (tertiary/aromatic N) is 2. The molecular formula is C16H22Cl2N2O. The van der Waals surface area contributed by atoms with Crippen molar-refractivity contribution in [1.82, 2.24) is 9.80 Å². The van der Waals surface area contributed by atoms with E-state index in [4.69, 9.17) is 23.2 Å². The molecule has 0 aliphatic carbocycles. The summed E-state index contributed by atoms with van der Waals surface area (Å²) < 4.78 is 0. The molecular weight excluding hydrogens is 307 g/mol. The Morgan fingerprint density at radius 2 is 1.76 bits per heavy atom. The zero-order valence-corrected chi connectivity index (χ0v) is 14.1. The molecule has 1 aromatic carbocycles. The Kier molecular flexibility index (Phi) is 6.06. The lowest BCUT2D eigenvalue weighted by molar-refractivity contribution is 0.0837. The first-order chi connectivity index (χ1) is 9.95. The van der Waals surface area contributed by atoms with Gasteiger partial charge in [0.2, 0.25) is 0 Å². The van der Waals surface area contributed by atoms with Gasteiger partial charge in [0.1, 0.15) is 0 Å². The lowest BCUT2D eigenvalue weighted by atomic mass is 10.1. The van der Waals surface area contributed by atoms with E-state index in [1.54, 1.807) is 18.2 Å². The first-order valence-corrected chi connectivity index (χ1v) is 8.14. The molecule has 0 aromatic heterocycles. The van der Waals surface area contributed by atoms with E-state index >= 15 is 0 Å². The summed E-state index contributed by atoms with van der Waals surface area (Å²) in [4.78, 5) is 17.0. The minimum atomic E-state index is 0.0639. The van der Waals surface area contributed by atoms with Crippen molar-refractivity contribution in [3.8, 4) is 0 Å². The molecule has 0 amide bonds. The molecule has 1 aromatic rings. The molecule has 1 fully saturated rings. The van der Waals surface area contributed by atoms with Crippen LogP contribution in [0.4, 0.5) is 0 Å². The number of carbonyl (C=O) groups is 1. The number of piperazine rings is 1. The molecule has 1 saturated heterocycles. The van der Waals surface area contributed by atoms with Crippen molar-refractivity contribution >= 4 is 29.0 Å². The molecule has 0 atom stereocenters.